The summed E-state index contributed by atoms with van der Waals surface area (Å²) >= 11 is 7.02. The zero-order chi connectivity index (χ0) is 14.0. The Morgan fingerprint density at radius 3 is 2.63 bits per heavy atom. The lowest BCUT2D eigenvalue weighted by molar-refractivity contribution is 0.374. The normalized spacial score (nSPS) is 16.5. The van der Waals surface area contributed by atoms with Gasteiger partial charge < -0.3 is 0 Å². The van der Waals surface area contributed by atoms with Gasteiger partial charge in [-0.05, 0) is 42.2 Å². The monoisotopic (exact) mass is 321 g/mol. The molecular formula is C13H20ClNO2S2. The van der Waals surface area contributed by atoms with Crippen LogP contribution >= 0.6 is 22.9 Å². The second kappa shape index (κ2) is 6.12. The molecule has 19 heavy (non-hydrogen) atoms. The average molecular weight is 322 g/mol. The van der Waals surface area contributed by atoms with Crippen molar-refractivity contribution in [3.63, 3.8) is 0 Å². The minimum absolute atomic E-state index is 0.213. The van der Waals surface area contributed by atoms with Crippen LogP contribution in [-0.2, 0) is 15.9 Å². The van der Waals surface area contributed by atoms with Crippen molar-refractivity contribution in [1.82, 2.24) is 4.31 Å². The Morgan fingerprint density at radius 2 is 2.16 bits per heavy atom. The summed E-state index contributed by atoms with van der Waals surface area (Å²) in [6, 6.07) is 1.92. The van der Waals surface area contributed by atoms with Gasteiger partial charge in [-0.2, -0.15) is 4.31 Å². The van der Waals surface area contributed by atoms with E-state index in [-0.39, 0.29) is 6.04 Å². The van der Waals surface area contributed by atoms with Gasteiger partial charge in [-0.3, -0.25) is 0 Å². The topological polar surface area (TPSA) is 37.4 Å². The first-order valence-corrected chi connectivity index (χ1v) is 9.45. The van der Waals surface area contributed by atoms with Crippen LogP contribution in [0.2, 0.25) is 0 Å². The Bertz CT molecular complexity index is 521. The van der Waals surface area contributed by atoms with Crippen molar-refractivity contribution in [3.8, 4) is 0 Å². The molecule has 108 valence electrons. The summed E-state index contributed by atoms with van der Waals surface area (Å²) < 4.78 is 27.4. The Labute approximate surface area is 124 Å². The number of thiophene rings is 1. The lowest BCUT2D eigenvalue weighted by atomic mass is 10.1. The van der Waals surface area contributed by atoms with Crippen molar-refractivity contribution in [1.29, 1.82) is 0 Å². The Kier molecular flexibility index (Phi) is 4.93. The van der Waals surface area contributed by atoms with Crippen molar-refractivity contribution < 1.29 is 8.42 Å². The third-order valence-electron chi connectivity index (χ3n) is 3.23. The van der Waals surface area contributed by atoms with Gasteiger partial charge in [-0.25, -0.2) is 8.42 Å². The number of nitrogens with zero attached hydrogens (tertiary/aromatic N) is 1. The van der Waals surface area contributed by atoms with Crippen LogP contribution in [-0.4, -0.2) is 25.3 Å². The van der Waals surface area contributed by atoms with E-state index in [1.807, 2.05) is 5.38 Å². The van der Waals surface area contributed by atoms with E-state index in [0.717, 1.165) is 24.8 Å². The standard InChI is InChI=1S/C13H20ClNO2S2/c1-10(2)5-6-15(12-3-4-12)19(16,17)13-7-11(8-14)9-18-13/h7,9-10,12H,3-6,8H2,1-2H3. The molecule has 0 spiro atoms. The first-order chi connectivity index (χ1) is 8.95. The SMILES string of the molecule is CC(C)CCN(C1CC1)S(=O)(=O)c1cc(CCl)cs1. The van der Waals surface area contributed by atoms with E-state index in [9.17, 15) is 8.42 Å². The maximum Gasteiger partial charge on any atom is 0.252 e. The lowest BCUT2D eigenvalue weighted by Crippen LogP contribution is -2.34. The van der Waals surface area contributed by atoms with Crippen LogP contribution < -0.4 is 0 Å². The molecule has 0 aromatic carbocycles. The molecule has 1 aromatic rings. The summed E-state index contributed by atoms with van der Waals surface area (Å²) in [7, 11) is -3.33. The maximum absolute atomic E-state index is 12.6. The number of hydrogen-bond donors (Lipinski definition) is 0. The van der Waals surface area contributed by atoms with E-state index in [1.165, 1.54) is 11.3 Å². The molecule has 1 aliphatic carbocycles. The minimum Gasteiger partial charge on any atom is -0.206 e. The van der Waals surface area contributed by atoms with Gasteiger partial charge in [0.2, 0.25) is 0 Å². The van der Waals surface area contributed by atoms with E-state index in [1.54, 1.807) is 10.4 Å². The second-order valence-corrected chi connectivity index (χ2v) is 8.73. The number of hydrogen-bond acceptors (Lipinski definition) is 3. The molecule has 0 N–H and O–H groups in total. The predicted molar refractivity (Wildman–Crippen MR) is 80.2 cm³/mol. The van der Waals surface area contributed by atoms with Crippen LogP contribution in [0.3, 0.4) is 0 Å². The second-order valence-electron chi connectivity index (χ2n) is 5.44. The van der Waals surface area contributed by atoms with Gasteiger partial charge in [0.05, 0.1) is 0 Å². The van der Waals surface area contributed by atoms with Crippen LogP contribution in [0.1, 0.15) is 38.7 Å². The van der Waals surface area contributed by atoms with Crippen LogP contribution in [0.4, 0.5) is 0 Å². The molecule has 1 aliphatic rings. The van der Waals surface area contributed by atoms with Crippen molar-refractivity contribution in [2.75, 3.05) is 6.54 Å². The molecule has 0 saturated heterocycles. The lowest BCUT2D eigenvalue weighted by Gasteiger charge is -2.21. The molecule has 1 aromatic heterocycles. The third-order valence-corrected chi connectivity index (χ3v) is 6.95. The molecule has 0 bridgehead atoms. The Hall–Kier alpha value is -0.100. The minimum atomic E-state index is -3.33. The van der Waals surface area contributed by atoms with Crippen molar-refractivity contribution in [2.24, 2.45) is 5.92 Å². The number of sulfonamides is 1. The summed E-state index contributed by atoms with van der Waals surface area (Å²) in [6.07, 6.45) is 2.89. The maximum atomic E-state index is 12.6. The molecule has 2 rings (SSSR count). The molecule has 0 aliphatic heterocycles. The number of halogens is 1. The van der Waals surface area contributed by atoms with Gasteiger partial charge in [-0.1, -0.05) is 13.8 Å². The quantitative estimate of drug-likeness (QED) is 0.718. The van der Waals surface area contributed by atoms with Gasteiger partial charge in [0.1, 0.15) is 4.21 Å². The highest BCUT2D eigenvalue weighted by molar-refractivity contribution is 7.91. The van der Waals surface area contributed by atoms with Gasteiger partial charge in [-0.15, -0.1) is 22.9 Å². The fraction of sp³-hybridized carbons (Fsp3) is 0.692. The number of alkyl halides is 1. The highest BCUT2D eigenvalue weighted by atomic mass is 35.5. The van der Waals surface area contributed by atoms with E-state index < -0.39 is 10.0 Å². The summed E-state index contributed by atoms with van der Waals surface area (Å²) in [5.74, 6) is 0.875. The molecule has 1 fully saturated rings. The molecule has 0 amide bonds. The zero-order valence-corrected chi connectivity index (χ0v) is 13.7. The van der Waals surface area contributed by atoms with E-state index in [4.69, 9.17) is 11.6 Å². The molecule has 0 atom stereocenters. The molecular weight excluding hydrogens is 302 g/mol. The third kappa shape index (κ3) is 3.72. The molecule has 3 nitrogen and oxygen atoms in total. The van der Waals surface area contributed by atoms with Gasteiger partial charge in [0.25, 0.3) is 10.0 Å². The van der Waals surface area contributed by atoms with Gasteiger partial charge >= 0.3 is 0 Å². The van der Waals surface area contributed by atoms with Crippen LogP contribution in [0, 0.1) is 5.92 Å². The van der Waals surface area contributed by atoms with E-state index in [2.05, 4.69) is 13.8 Å². The van der Waals surface area contributed by atoms with Gasteiger partial charge in [0.15, 0.2) is 0 Å². The highest BCUT2D eigenvalue weighted by Crippen LogP contribution is 2.34. The fourth-order valence-electron chi connectivity index (χ4n) is 1.92. The molecule has 1 heterocycles. The number of rotatable bonds is 7. The molecule has 6 heteroatoms. The summed E-state index contributed by atoms with van der Waals surface area (Å²) in [6.45, 7) is 4.86. The summed E-state index contributed by atoms with van der Waals surface area (Å²) in [4.78, 5) is 0. The Morgan fingerprint density at radius 1 is 1.47 bits per heavy atom. The van der Waals surface area contributed by atoms with Crippen molar-refractivity contribution >= 4 is 33.0 Å². The van der Waals surface area contributed by atoms with E-state index in [0.29, 0.717) is 22.6 Å². The van der Waals surface area contributed by atoms with Gasteiger partial charge in [0, 0.05) is 18.5 Å². The summed E-state index contributed by atoms with van der Waals surface area (Å²) in [5.41, 5.74) is 0.879. The largest absolute Gasteiger partial charge is 0.252 e. The average Bonchev–Trinajstić information content (AvgIpc) is 3.05. The first kappa shape index (κ1) is 15.3. The molecule has 0 radical (unpaired) electrons. The van der Waals surface area contributed by atoms with Crippen LogP contribution in [0.5, 0.6) is 0 Å². The zero-order valence-electron chi connectivity index (χ0n) is 11.3. The summed E-state index contributed by atoms with van der Waals surface area (Å²) in [5, 5.41) is 1.83. The first-order valence-electron chi connectivity index (χ1n) is 6.60. The molecule has 1 saturated carbocycles. The Balaban J connectivity index is 2.18. The van der Waals surface area contributed by atoms with Crippen LogP contribution in [0.25, 0.3) is 0 Å². The predicted octanol–water partition coefficient (Wildman–Crippen LogP) is 3.69. The molecule has 0 unspecified atom stereocenters. The fourth-order valence-corrected chi connectivity index (χ4v) is 5.20. The smallest absolute Gasteiger partial charge is 0.206 e. The van der Waals surface area contributed by atoms with Crippen LogP contribution in [0.15, 0.2) is 15.7 Å². The van der Waals surface area contributed by atoms with Crippen molar-refractivity contribution in [2.45, 2.75) is 49.2 Å². The van der Waals surface area contributed by atoms with E-state index >= 15 is 0 Å². The van der Waals surface area contributed by atoms with Crippen molar-refractivity contribution in [3.05, 3.63) is 17.0 Å². The highest BCUT2D eigenvalue weighted by Gasteiger charge is 2.38.